The topological polar surface area (TPSA) is 58.6 Å². The molecule has 0 spiro atoms. The Morgan fingerprint density at radius 1 is 1.43 bits per heavy atom. The highest BCUT2D eigenvalue weighted by Crippen LogP contribution is 1.91. The molecular formula is C10H21NO3. The molecule has 0 radical (unpaired) electrons. The van der Waals surface area contributed by atoms with E-state index in [0.29, 0.717) is 19.6 Å². The molecule has 0 fully saturated rings. The summed E-state index contributed by atoms with van der Waals surface area (Å²) in [6.07, 6.45) is 2.09. The zero-order valence-electron chi connectivity index (χ0n) is 9.08. The molecule has 84 valence electrons. The SMILES string of the molecule is CCCOCCC(=O)NC(CC)CO. The smallest absolute Gasteiger partial charge is 0.222 e. The standard InChI is InChI=1S/C10H21NO3/c1-3-6-14-7-5-10(13)11-9(4-2)8-12/h9,12H,3-8H2,1-2H3,(H,11,13). The van der Waals surface area contributed by atoms with Crippen molar-refractivity contribution in [1.82, 2.24) is 5.32 Å². The first-order valence-electron chi connectivity index (χ1n) is 5.22. The Kier molecular flexibility index (Phi) is 8.57. The van der Waals surface area contributed by atoms with E-state index >= 15 is 0 Å². The molecule has 1 unspecified atom stereocenters. The first kappa shape index (κ1) is 13.4. The van der Waals surface area contributed by atoms with Gasteiger partial charge in [-0.05, 0) is 12.8 Å². The Morgan fingerprint density at radius 2 is 2.14 bits per heavy atom. The van der Waals surface area contributed by atoms with E-state index in [4.69, 9.17) is 9.84 Å². The molecule has 2 N–H and O–H groups in total. The van der Waals surface area contributed by atoms with Gasteiger partial charge in [0, 0.05) is 13.0 Å². The number of carbonyl (C=O) groups excluding carboxylic acids is 1. The molecule has 4 heteroatoms. The van der Waals surface area contributed by atoms with Crippen molar-refractivity contribution in [3.63, 3.8) is 0 Å². The Bertz CT molecular complexity index is 146. The second-order valence-electron chi connectivity index (χ2n) is 3.22. The highest BCUT2D eigenvalue weighted by Gasteiger charge is 2.08. The number of hydrogen-bond donors (Lipinski definition) is 2. The monoisotopic (exact) mass is 203 g/mol. The molecule has 0 bridgehead atoms. The van der Waals surface area contributed by atoms with Crippen LogP contribution in [0.25, 0.3) is 0 Å². The first-order valence-corrected chi connectivity index (χ1v) is 5.22. The van der Waals surface area contributed by atoms with Crippen LogP contribution in [0.2, 0.25) is 0 Å². The predicted molar refractivity (Wildman–Crippen MR) is 55.0 cm³/mol. The second kappa shape index (κ2) is 8.97. The largest absolute Gasteiger partial charge is 0.394 e. The maximum absolute atomic E-state index is 11.2. The molecule has 0 aromatic rings. The van der Waals surface area contributed by atoms with E-state index in [1.807, 2.05) is 13.8 Å². The number of aliphatic hydroxyl groups excluding tert-OH is 1. The molecule has 0 aromatic carbocycles. The zero-order chi connectivity index (χ0) is 10.8. The Balaban J connectivity index is 3.44. The van der Waals surface area contributed by atoms with Crippen molar-refractivity contribution in [3.05, 3.63) is 0 Å². The van der Waals surface area contributed by atoms with Gasteiger partial charge in [0.1, 0.15) is 0 Å². The van der Waals surface area contributed by atoms with E-state index in [-0.39, 0.29) is 18.6 Å². The molecule has 1 atom stereocenters. The van der Waals surface area contributed by atoms with Crippen molar-refractivity contribution in [2.75, 3.05) is 19.8 Å². The summed E-state index contributed by atoms with van der Waals surface area (Å²) in [5.74, 6) is -0.0537. The third kappa shape index (κ3) is 6.86. The number of nitrogens with one attached hydrogen (secondary N) is 1. The van der Waals surface area contributed by atoms with Crippen LogP contribution in [0, 0.1) is 0 Å². The number of aliphatic hydroxyl groups is 1. The van der Waals surface area contributed by atoms with Gasteiger partial charge in [-0.3, -0.25) is 4.79 Å². The molecule has 0 aliphatic carbocycles. The number of rotatable bonds is 8. The van der Waals surface area contributed by atoms with E-state index in [2.05, 4.69) is 5.32 Å². The molecule has 0 heterocycles. The lowest BCUT2D eigenvalue weighted by atomic mass is 10.2. The highest BCUT2D eigenvalue weighted by atomic mass is 16.5. The summed E-state index contributed by atoms with van der Waals surface area (Å²) >= 11 is 0. The van der Waals surface area contributed by atoms with Gasteiger partial charge in [-0.1, -0.05) is 13.8 Å². The van der Waals surface area contributed by atoms with Gasteiger partial charge in [-0.15, -0.1) is 0 Å². The summed E-state index contributed by atoms with van der Waals surface area (Å²) in [4.78, 5) is 11.2. The molecule has 1 amide bonds. The molecule has 0 aliphatic rings. The Hall–Kier alpha value is -0.610. The van der Waals surface area contributed by atoms with Crippen LogP contribution < -0.4 is 5.32 Å². The molecule has 0 saturated heterocycles. The Labute approximate surface area is 85.6 Å². The average Bonchev–Trinajstić information content (AvgIpc) is 2.21. The summed E-state index contributed by atoms with van der Waals surface area (Å²) in [6.45, 7) is 5.11. The van der Waals surface area contributed by atoms with Crippen molar-refractivity contribution >= 4 is 5.91 Å². The minimum absolute atomic E-state index is 0.00193. The van der Waals surface area contributed by atoms with Crippen LogP contribution in [0.5, 0.6) is 0 Å². The van der Waals surface area contributed by atoms with E-state index < -0.39 is 0 Å². The van der Waals surface area contributed by atoms with Crippen LogP contribution >= 0.6 is 0 Å². The van der Waals surface area contributed by atoms with Crippen molar-refractivity contribution < 1.29 is 14.6 Å². The minimum Gasteiger partial charge on any atom is -0.394 e. The summed E-state index contributed by atoms with van der Waals surface area (Å²) < 4.78 is 5.18. The number of amides is 1. The van der Waals surface area contributed by atoms with Crippen molar-refractivity contribution in [1.29, 1.82) is 0 Å². The molecular weight excluding hydrogens is 182 g/mol. The molecule has 14 heavy (non-hydrogen) atoms. The number of ether oxygens (including phenoxy) is 1. The van der Waals surface area contributed by atoms with Crippen molar-refractivity contribution in [3.8, 4) is 0 Å². The number of carbonyl (C=O) groups is 1. The van der Waals surface area contributed by atoms with E-state index in [1.54, 1.807) is 0 Å². The molecule has 0 rings (SSSR count). The molecule has 4 nitrogen and oxygen atoms in total. The fraction of sp³-hybridized carbons (Fsp3) is 0.900. The van der Waals surface area contributed by atoms with Gasteiger partial charge in [0.05, 0.1) is 19.3 Å². The average molecular weight is 203 g/mol. The minimum atomic E-state index is -0.117. The van der Waals surface area contributed by atoms with Crippen LogP contribution in [-0.4, -0.2) is 36.9 Å². The summed E-state index contributed by atoms with van der Waals surface area (Å²) in [5.41, 5.74) is 0. The third-order valence-corrected chi connectivity index (χ3v) is 1.90. The van der Waals surface area contributed by atoms with Gasteiger partial charge < -0.3 is 15.2 Å². The van der Waals surface area contributed by atoms with E-state index in [0.717, 1.165) is 12.8 Å². The zero-order valence-corrected chi connectivity index (χ0v) is 9.08. The predicted octanol–water partition coefficient (Wildman–Crippen LogP) is 0.690. The summed E-state index contributed by atoms with van der Waals surface area (Å²) in [6, 6.07) is -0.117. The third-order valence-electron chi connectivity index (χ3n) is 1.90. The maximum atomic E-state index is 11.2. The first-order chi connectivity index (χ1) is 6.74. The van der Waals surface area contributed by atoms with E-state index in [1.165, 1.54) is 0 Å². The van der Waals surface area contributed by atoms with Crippen LogP contribution in [0.15, 0.2) is 0 Å². The van der Waals surface area contributed by atoms with Crippen LogP contribution in [0.1, 0.15) is 33.1 Å². The fourth-order valence-corrected chi connectivity index (χ4v) is 0.988. The fourth-order valence-electron chi connectivity index (χ4n) is 0.988. The van der Waals surface area contributed by atoms with Crippen LogP contribution in [0.4, 0.5) is 0 Å². The van der Waals surface area contributed by atoms with E-state index in [9.17, 15) is 4.79 Å². The molecule has 0 saturated carbocycles. The lowest BCUT2D eigenvalue weighted by Crippen LogP contribution is -2.37. The Morgan fingerprint density at radius 3 is 2.64 bits per heavy atom. The van der Waals surface area contributed by atoms with Gasteiger partial charge in [-0.25, -0.2) is 0 Å². The molecule has 0 aromatic heterocycles. The quantitative estimate of drug-likeness (QED) is 0.571. The van der Waals surface area contributed by atoms with Crippen LogP contribution in [-0.2, 0) is 9.53 Å². The highest BCUT2D eigenvalue weighted by molar-refractivity contribution is 5.76. The van der Waals surface area contributed by atoms with Crippen molar-refractivity contribution in [2.24, 2.45) is 0 Å². The van der Waals surface area contributed by atoms with Gasteiger partial charge in [-0.2, -0.15) is 0 Å². The van der Waals surface area contributed by atoms with Gasteiger partial charge in [0.2, 0.25) is 5.91 Å². The van der Waals surface area contributed by atoms with Crippen LogP contribution in [0.3, 0.4) is 0 Å². The normalized spacial score (nSPS) is 12.5. The maximum Gasteiger partial charge on any atom is 0.222 e. The second-order valence-corrected chi connectivity index (χ2v) is 3.22. The van der Waals surface area contributed by atoms with Gasteiger partial charge in [0.15, 0.2) is 0 Å². The van der Waals surface area contributed by atoms with Crippen molar-refractivity contribution in [2.45, 2.75) is 39.2 Å². The van der Waals surface area contributed by atoms with Gasteiger partial charge in [0.25, 0.3) is 0 Å². The molecule has 0 aliphatic heterocycles. The lowest BCUT2D eigenvalue weighted by Gasteiger charge is -2.13. The lowest BCUT2D eigenvalue weighted by molar-refractivity contribution is -0.123. The number of hydrogen-bond acceptors (Lipinski definition) is 3. The van der Waals surface area contributed by atoms with Gasteiger partial charge >= 0.3 is 0 Å². The summed E-state index contributed by atoms with van der Waals surface area (Å²) in [5, 5.41) is 11.6. The summed E-state index contributed by atoms with van der Waals surface area (Å²) in [7, 11) is 0.